The second kappa shape index (κ2) is 4.48. The van der Waals surface area contributed by atoms with E-state index in [1.54, 1.807) is 10.6 Å². The van der Waals surface area contributed by atoms with Crippen molar-refractivity contribution in [2.75, 3.05) is 0 Å². The normalized spacial score (nSPS) is 12.5. The zero-order chi connectivity index (χ0) is 16.4. The number of rotatable bonds is 0. The molecule has 2 heterocycles. The van der Waals surface area contributed by atoms with Crippen LogP contribution in [0.25, 0.3) is 21.8 Å². The minimum atomic E-state index is 0.0155. The maximum Gasteiger partial charge on any atom is 0.271 e. The summed E-state index contributed by atoms with van der Waals surface area (Å²) in [4.78, 5) is 12.5. The summed E-state index contributed by atoms with van der Waals surface area (Å²) in [5, 5.41) is 2.28. The maximum absolute atomic E-state index is 12.5. The van der Waals surface area contributed by atoms with Crippen LogP contribution in [0.4, 0.5) is 0 Å². The summed E-state index contributed by atoms with van der Waals surface area (Å²) in [6.45, 7) is 8.61. The van der Waals surface area contributed by atoms with Crippen LogP contribution in [0.5, 0.6) is 0 Å². The van der Waals surface area contributed by atoms with E-state index in [0.29, 0.717) is 0 Å². The topological polar surface area (TPSA) is 25.9 Å². The largest absolute Gasteiger partial charge is 0.271 e. The molecule has 0 saturated heterocycles. The molecule has 0 aliphatic carbocycles. The van der Waals surface area contributed by atoms with E-state index in [9.17, 15) is 4.79 Å². The SMILES string of the molecule is Cc1cc(=O)n2c3ccccc3c3ccc(C(C)(C)C)cc3n12. The van der Waals surface area contributed by atoms with E-state index in [4.69, 9.17) is 0 Å². The van der Waals surface area contributed by atoms with Gasteiger partial charge in [0.15, 0.2) is 0 Å². The molecular formula is C20H20N2O. The van der Waals surface area contributed by atoms with Crippen molar-refractivity contribution in [3.8, 4) is 0 Å². The highest BCUT2D eigenvalue weighted by molar-refractivity contribution is 6.04. The number of aryl methyl sites for hydroxylation is 1. The first-order chi connectivity index (χ1) is 10.9. The van der Waals surface area contributed by atoms with Crippen LogP contribution in [-0.2, 0) is 5.41 Å². The zero-order valence-electron chi connectivity index (χ0n) is 13.9. The summed E-state index contributed by atoms with van der Waals surface area (Å²) in [6, 6.07) is 16.4. The summed E-state index contributed by atoms with van der Waals surface area (Å²) in [6.07, 6.45) is 0. The van der Waals surface area contributed by atoms with Crippen LogP contribution in [0, 0.1) is 6.92 Å². The molecule has 0 atom stereocenters. The van der Waals surface area contributed by atoms with Gasteiger partial charge in [0.25, 0.3) is 5.56 Å². The minimum Gasteiger partial charge on any atom is -0.267 e. The molecule has 0 fully saturated rings. The van der Waals surface area contributed by atoms with Crippen LogP contribution in [0.3, 0.4) is 0 Å². The Balaban J connectivity index is 2.34. The Hall–Kier alpha value is -2.55. The number of nitrogens with zero attached hydrogens (tertiary/aromatic N) is 2. The molecule has 0 bridgehead atoms. The van der Waals surface area contributed by atoms with Crippen LogP contribution in [0.15, 0.2) is 53.3 Å². The van der Waals surface area contributed by atoms with Crippen LogP contribution in [0.2, 0.25) is 0 Å². The average Bonchev–Trinajstić information content (AvgIpc) is 2.81. The second-order valence-corrected chi connectivity index (χ2v) is 7.25. The Bertz CT molecular complexity index is 1120. The average molecular weight is 304 g/mol. The smallest absolute Gasteiger partial charge is 0.267 e. The summed E-state index contributed by atoms with van der Waals surface area (Å²) >= 11 is 0. The van der Waals surface area contributed by atoms with Gasteiger partial charge >= 0.3 is 0 Å². The minimum absolute atomic E-state index is 0.0155. The van der Waals surface area contributed by atoms with Gasteiger partial charge in [0.2, 0.25) is 0 Å². The molecule has 0 saturated carbocycles. The van der Waals surface area contributed by atoms with Crippen molar-refractivity contribution in [1.82, 2.24) is 9.03 Å². The molecule has 2 aromatic heterocycles. The van der Waals surface area contributed by atoms with Gasteiger partial charge in [-0.05, 0) is 30.0 Å². The highest BCUT2D eigenvalue weighted by Crippen LogP contribution is 2.30. The Morgan fingerprint density at radius 1 is 0.826 bits per heavy atom. The van der Waals surface area contributed by atoms with Crippen molar-refractivity contribution >= 4 is 21.8 Å². The van der Waals surface area contributed by atoms with Gasteiger partial charge in [0.1, 0.15) is 0 Å². The van der Waals surface area contributed by atoms with Gasteiger partial charge in [-0.25, -0.2) is 9.03 Å². The molecule has 116 valence electrons. The Morgan fingerprint density at radius 2 is 1.52 bits per heavy atom. The zero-order valence-corrected chi connectivity index (χ0v) is 13.9. The Labute approximate surface area is 134 Å². The van der Waals surface area contributed by atoms with Crippen molar-refractivity contribution in [1.29, 1.82) is 0 Å². The number of fused-ring (bicyclic) bond motifs is 6. The number of hydrogen-bond acceptors (Lipinski definition) is 1. The van der Waals surface area contributed by atoms with Crippen molar-refractivity contribution in [2.24, 2.45) is 0 Å². The van der Waals surface area contributed by atoms with Gasteiger partial charge in [0, 0.05) is 22.5 Å². The summed E-state index contributed by atoms with van der Waals surface area (Å²) in [5.41, 5.74) is 4.33. The van der Waals surface area contributed by atoms with E-state index in [-0.39, 0.29) is 11.0 Å². The lowest BCUT2D eigenvalue weighted by Crippen LogP contribution is -2.15. The third-order valence-electron chi connectivity index (χ3n) is 4.59. The van der Waals surface area contributed by atoms with E-state index >= 15 is 0 Å². The molecule has 4 rings (SSSR count). The van der Waals surface area contributed by atoms with E-state index in [2.05, 4.69) is 45.0 Å². The predicted molar refractivity (Wildman–Crippen MR) is 95.6 cm³/mol. The molecule has 0 radical (unpaired) electrons. The molecule has 2 aromatic carbocycles. The Kier molecular flexibility index (Phi) is 2.74. The van der Waals surface area contributed by atoms with Gasteiger partial charge in [-0.15, -0.1) is 0 Å². The molecule has 3 heteroatoms. The number of para-hydroxylation sites is 1. The van der Waals surface area contributed by atoms with Crippen molar-refractivity contribution < 1.29 is 0 Å². The predicted octanol–water partition coefficient (Wildman–Crippen LogP) is 4.31. The summed E-state index contributed by atoms with van der Waals surface area (Å²) in [5.74, 6) is 0. The summed E-state index contributed by atoms with van der Waals surface area (Å²) < 4.78 is 3.81. The molecule has 4 aromatic rings. The summed E-state index contributed by atoms with van der Waals surface area (Å²) in [7, 11) is 0. The molecule has 0 spiro atoms. The fraction of sp³-hybridized carbons (Fsp3) is 0.250. The lowest BCUT2D eigenvalue weighted by Gasteiger charge is -2.20. The van der Waals surface area contributed by atoms with Crippen molar-refractivity contribution in [3.63, 3.8) is 0 Å². The first kappa shape index (κ1) is 14.1. The van der Waals surface area contributed by atoms with E-state index < -0.39 is 0 Å². The van der Waals surface area contributed by atoms with E-state index in [1.807, 2.05) is 29.6 Å². The van der Waals surface area contributed by atoms with Crippen molar-refractivity contribution in [3.05, 3.63) is 70.1 Å². The highest BCUT2D eigenvalue weighted by Gasteiger charge is 2.17. The number of benzene rings is 2. The Morgan fingerprint density at radius 3 is 2.26 bits per heavy atom. The number of aromatic nitrogens is 2. The van der Waals surface area contributed by atoms with Crippen LogP contribution < -0.4 is 5.56 Å². The van der Waals surface area contributed by atoms with Gasteiger partial charge in [-0.3, -0.25) is 4.79 Å². The van der Waals surface area contributed by atoms with Crippen LogP contribution >= 0.6 is 0 Å². The molecule has 0 aliphatic heterocycles. The molecular weight excluding hydrogens is 284 g/mol. The molecule has 23 heavy (non-hydrogen) atoms. The first-order valence-electron chi connectivity index (χ1n) is 7.94. The third-order valence-corrected chi connectivity index (χ3v) is 4.59. The highest BCUT2D eigenvalue weighted by atomic mass is 16.1. The van der Waals surface area contributed by atoms with Gasteiger partial charge in [0.05, 0.1) is 11.0 Å². The van der Waals surface area contributed by atoms with Crippen LogP contribution in [0.1, 0.15) is 32.0 Å². The fourth-order valence-electron chi connectivity index (χ4n) is 3.37. The maximum atomic E-state index is 12.5. The van der Waals surface area contributed by atoms with Gasteiger partial charge in [-0.2, -0.15) is 0 Å². The quantitative estimate of drug-likeness (QED) is 0.444. The van der Waals surface area contributed by atoms with Gasteiger partial charge in [-0.1, -0.05) is 51.1 Å². The number of hydrogen-bond donors (Lipinski definition) is 0. The molecule has 0 unspecified atom stereocenters. The molecule has 3 nitrogen and oxygen atoms in total. The standard InChI is InChI=1S/C20H20N2O/c1-13-11-19(23)22-17-8-6-5-7-15(17)16-10-9-14(20(2,3)4)12-18(16)21(13)22/h5-12H,1-4H3. The van der Waals surface area contributed by atoms with E-state index in [0.717, 1.165) is 22.1 Å². The second-order valence-electron chi connectivity index (χ2n) is 7.25. The third kappa shape index (κ3) is 1.93. The molecule has 0 amide bonds. The lowest BCUT2D eigenvalue weighted by molar-refractivity contribution is 0.590. The van der Waals surface area contributed by atoms with Crippen LogP contribution in [-0.4, -0.2) is 9.03 Å². The fourth-order valence-corrected chi connectivity index (χ4v) is 3.37. The van der Waals surface area contributed by atoms with Gasteiger partial charge < -0.3 is 0 Å². The van der Waals surface area contributed by atoms with E-state index in [1.165, 1.54) is 10.9 Å². The monoisotopic (exact) mass is 304 g/mol. The first-order valence-corrected chi connectivity index (χ1v) is 7.94. The lowest BCUT2D eigenvalue weighted by atomic mass is 9.86. The molecule has 0 N–H and O–H groups in total. The van der Waals surface area contributed by atoms with Crippen molar-refractivity contribution in [2.45, 2.75) is 33.1 Å². The molecule has 0 aliphatic rings.